The van der Waals surface area contributed by atoms with Gasteiger partial charge in [0.2, 0.25) is 11.8 Å². The lowest BCUT2D eigenvalue weighted by Crippen LogP contribution is -2.28. The molecule has 29 heavy (non-hydrogen) atoms. The van der Waals surface area contributed by atoms with Crippen molar-refractivity contribution in [1.29, 1.82) is 0 Å². The number of carbonyl (C=O) groups is 2. The van der Waals surface area contributed by atoms with Crippen molar-refractivity contribution < 1.29 is 9.59 Å². The molecule has 1 aliphatic heterocycles. The number of aromatic nitrogens is 1. The van der Waals surface area contributed by atoms with Crippen LogP contribution in [0.2, 0.25) is 0 Å². The number of carbonyl (C=O) groups excluding carboxylic acids is 2. The molecule has 0 spiro atoms. The zero-order valence-electron chi connectivity index (χ0n) is 15.9. The van der Waals surface area contributed by atoms with Gasteiger partial charge in [0.25, 0.3) is 0 Å². The number of hydrogen-bond acceptors (Lipinski definition) is 4. The minimum absolute atomic E-state index is 0.0138. The predicted octanol–water partition coefficient (Wildman–Crippen LogP) is 4.87. The number of hydrogen-bond donors (Lipinski definition) is 1. The van der Waals surface area contributed by atoms with Crippen LogP contribution in [0, 0.1) is 12.8 Å². The number of halogens is 1. The summed E-state index contributed by atoms with van der Waals surface area (Å²) in [5.74, 6) is -0.489. The zero-order valence-corrected chi connectivity index (χ0v) is 18.3. The molecular formula is C22H20BrN3O2S. The summed E-state index contributed by atoms with van der Waals surface area (Å²) < 4.78 is 1.01. The van der Waals surface area contributed by atoms with Gasteiger partial charge < -0.3 is 10.2 Å². The number of amides is 2. The van der Waals surface area contributed by atoms with Crippen molar-refractivity contribution in [2.45, 2.75) is 19.9 Å². The molecular weight excluding hydrogens is 450 g/mol. The van der Waals surface area contributed by atoms with E-state index in [4.69, 9.17) is 0 Å². The monoisotopic (exact) mass is 469 g/mol. The molecule has 5 nitrogen and oxygen atoms in total. The number of nitrogens with one attached hydrogen (secondary N) is 1. The van der Waals surface area contributed by atoms with E-state index in [1.165, 1.54) is 11.3 Å². The van der Waals surface area contributed by atoms with Crippen LogP contribution in [-0.2, 0) is 16.1 Å². The molecule has 0 saturated carbocycles. The minimum Gasteiger partial charge on any atom is -0.338 e. The molecule has 1 saturated heterocycles. The van der Waals surface area contributed by atoms with Crippen LogP contribution in [-0.4, -0.2) is 28.2 Å². The highest BCUT2D eigenvalue weighted by Gasteiger charge is 2.34. The molecule has 1 N–H and O–H groups in total. The van der Waals surface area contributed by atoms with Crippen LogP contribution in [0.1, 0.15) is 16.9 Å². The highest BCUT2D eigenvalue weighted by Crippen LogP contribution is 2.32. The minimum atomic E-state index is -0.355. The maximum absolute atomic E-state index is 12.7. The largest absolute Gasteiger partial charge is 0.338 e. The molecule has 2 heterocycles. The van der Waals surface area contributed by atoms with Gasteiger partial charge >= 0.3 is 0 Å². The Kier molecular flexibility index (Phi) is 5.78. The van der Waals surface area contributed by atoms with Crippen LogP contribution in [0.15, 0.2) is 59.1 Å². The molecule has 1 fully saturated rings. The zero-order chi connectivity index (χ0) is 20.4. The summed E-state index contributed by atoms with van der Waals surface area (Å²) in [7, 11) is 0. The lowest BCUT2D eigenvalue weighted by molar-refractivity contribution is -0.128. The Morgan fingerprint density at radius 2 is 1.93 bits per heavy atom. The summed E-state index contributed by atoms with van der Waals surface area (Å²) in [6.45, 7) is 2.96. The second-order valence-electron chi connectivity index (χ2n) is 7.08. The maximum Gasteiger partial charge on any atom is 0.231 e. The normalized spacial score (nSPS) is 16.3. The smallest absolute Gasteiger partial charge is 0.231 e. The van der Waals surface area contributed by atoms with Gasteiger partial charge in [-0.05, 0) is 24.6 Å². The first-order valence-corrected chi connectivity index (χ1v) is 11.0. The first-order chi connectivity index (χ1) is 14.0. The van der Waals surface area contributed by atoms with Gasteiger partial charge in [0.05, 0.1) is 11.6 Å². The number of likely N-dealkylation sites (tertiary alicyclic amines) is 1. The van der Waals surface area contributed by atoms with E-state index in [0.29, 0.717) is 18.2 Å². The van der Waals surface area contributed by atoms with Crippen LogP contribution in [0.4, 0.5) is 5.13 Å². The molecule has 1 aliphatic rings. The molecule has 0 radical (unpaired) electrons. The maximum atomic E-state index is 12.7. The van der Waals surface area contributed by atoms with Crippen LogP contribution < -0.4 is 5.32 Å². The molecule has 1 unspecified atom stereocenters. The molecule has 4 rings (SSSR count). The van der Waals surface area contributed by atoms with E-state index in [-0.39, 0.29) is 24.2 Å². The molecule has 1 aromatic heterocycles. The topological polar surface area (TPSA) is 62.3 Å². The number of benzene rings is 2. The van der Waals surface area contributed by atoms with Gasteiger partial charge in [-0.15, -0.1) is 11.3 Å². The van der Waals surface area contributed by atoms with Gasteiger partial charge in [-0.1, -0.05) is 58.4 Å². The molecule has 0 bridgehead atoms. The van der Waals surface area contributed by atoms with Crippen LogP contribution in [0.5, 0.6) is 0 Å². The number of anilines is 1. The third-order valence-electron chi connectivity index (χ3n) is 4.95. The van der Waals surface area contributed by atoms with Gasteiger partial charge in [-0.2, -0.15) is 0 Å². The average Bonchev–Trinajstić information content (AvgIpc) is 3.26. The quantitative estimate of drug-likeness (QED) is 0.579. The molecule has 2 aromatic carbocycles. The van der Waals surface area contributed by atoms with Crippen molar-refractivity contribution in [2.24, 2.45) is 5.92 Å². The fourth-order valence-corrected chi connectivity index (χ4v) is 4.54. The van der Waals surface area contributed by atoms with Crippen molar-refractivity contribution in [2.75, 3.05) is 11.9 Å². The molecule has 2 amide bonds. The second kappa shape index (κ2) is 8.47. The van der Waals surface area contributed by atoms with E-state index < -0.39 is 0 Å². The number of aryl methyl sites for hydroxylation is 1. The van der Waals surface area contributed by atoms with Crippen molar-refractivity contribution in [3.05, 3.63) is 69.5 Å². The molecule has 3 aromatic rings. The Labute approximate surface area is 181 Å². The average molecular weight is 470 g/mol. The summed E-state index contributed by atoms with van der Waals surface area (Å²) in [6.07, 6.45) is 0.239. The molecule has 1 atom stereocenters. The lowest BCUT2D eigenvalue weighted by atomic mass is 10.1. The summed E-state index contributed by atoms with van der Waals surface area (Å²) in [5, 5.41) is 3.48. The van der Waals surface area contributed by atoms with Crippen molar-refractivity contribution in [3.8, 4) is 11.3 Å². The number of thiazole rings is 1. The second-order valence-corrected chi connectivity index (χ2v) is 9.20. The van der Waals surface area contributed by atoms with Crippen LogP contribution in [0.25, 0.3) is 11.3 Å². The van der Waals surface area contributed by atoms with Gasteiger partial charge in [-0.3, -0.25) is 9.59 Å². The first kappa shape index (κ1) is 19.8. The summed E-state index contributed by atoms with van der Waals surface area (Å²) in [6, 6.07) is 17.8. The van der Waals surface area contributed by atoms with Gasteiger partial charge in [0, 0.05) is 34.4 Å². The fraction of sp³-hybridized carbons (Fsp3) is 0.227. The highest BCUT2D eigenvalue weighted by molar-refractivity contribution is 9.10. The van der Waals surface area contributed by atoms with Crippen molar-refractivity contribution in [3.63, 3.8) is 0 Å². The third-order valence-corrected chi connectivity index (χ3v) is 6.36. The Morgan fingerprint density at radius 3 is 2.66 bits per heavy atom. The lowest BCUT2D eigenvalue weighted by Gasteiger charge is -2.16. The third kappa shape index (κ3) is 4.57. The van der Waals surface area contributed by atoms with Gasteiger partial charge in [0.1, 0.15) is 0 Å². The Bertz CT molecular complexity index is 1030. The first-order valence-electron chi connectivity index (χ1n) is 9.35. The van der Waals surface area contributed by atoms with E-state index >= 15 is 0 Å². The summed E-state index contributed by atoms with van der Waals surface area (Å²) >= 11 is 4.89. The summed E-state index contributed by atoms with van der Waals surface area (Å²) in [4.78, 5) is 32.5. The number of rotatable bonds is 5. The van der Waals surface area contributed by atoms with E-state index in [0.717, 1.165) is 26.2 Å². The predicted molar refractivity (Wildman–Crippen MR) is 119 cm³/mol. The summed E-state index contributed by atoms with van der Waals surface area (Å²) in [5.41, 5.74) is 2.94. The molecule has 7 heteroatoms. The van der Waals surface area contributed by atoms with Gasteiger partial charge in [0.15, 0.2) is 5.13 Å². The van der Waals surface area contributed by atoms with Gasteiger partial charge in [-0.25, -0.2) is 4.98 Å². The highest BCUT2D eigenvalue weighted by atomic mass is 79.9. The van der Waals surface area contributed by atoms with Crippen LogP contribution in [0.3, 0.4) is 0 Å². The number of nitrogens with zero attached hydrogens (tertiary/aromatic N) is 2. The van der Waals surface area contributed by atoms with E-state index in [1.54, 1.807) is 4.90 Å². The Balaban J connectivity index is 1.41. The van der Waals surface area contributed by atoms with Crippen molar-refractivity contribution in [1.82, 2.24) is 9.88 Å². The molecule has 0 aliphatic carbocycles. The SMILES string of the molecule is Cc1sc(NC(=O)C2CC(=O)N(Cc3ccccc3)C2)nc1-c1ccc(Br)cc1. The van der Waals surface area contributed by atoms with Crippen LogP contribution >= 0.6 is 27.3 Å². The Hall–Kier alpha value is -2.51. The van der Waals surface area contributed by atoms with Crippen molar-refractivity contribution >= 4 is 44.2 Å². The standard InChI is InChI=1S/C22H20BrN3O2S/c1-14-20(16-7-9-18(23)10-8-16)24-22(29-14)25-21(28)17-11-19(27)26(13-17)12-15-5-3-2-4-6-15/h2-10,17H,11-13H2,1H3,(H,24,25,28). The Morgan fingerprint density at radius 1 is 1.21 bits per heavy atom. The molecule has 148 valence electrons. The van der Waals surface area contributed by atoms with E-state index in [9.17, 15) is 9.59 Å². The fourth-order valence-electron chi connectivity index (χ4n) is 3.44. The van der Waals surface area contributed by atoms with E-state index in [1.807, 2.05) is 61.5 Å². The van der Waals surface area contributed by atoms with E-state index in [2.05, 4.69) is 26.2 Å².